The summed E-state index contributed by atoms with van der Waals surface area (Å²) < 4.78 is 0. The summed E-state index contributed by atoms with van der Waals surface area (Å²) in [6.07, 6.45) is 10.4. The van der Waals surface area contributed by atoms with E-state index in [1.807, 2.05) is 42.6 Å². The van der Waals surface area contributed by atoms with Crippen LogP contribution in [0.25, 0.3) is 17.2 Å². The molecule has 0 unspecified atom stereocenters. The second kappa shape index (κ2) is 11.1. The van der Waals surface area contributed by atoms with Crippen molar-refractivity contribution in [1.82, 2.24) is 9.88 Å². The number of rotatable bonds is 8. The fourth-order valence-corrected chi connectivity index (χ4v) is 3.80. The number of hydrogen-bond donors (Lipinski definition) is 0. The summed E-state index contributed by atoms with van der Waals surface area (Å²) in [4.78, 5) is 7.05. The molecular weight excluding hydrogens is 412 g/mol. The molecule has 3 aromatic rings. The predicted octanol–water partition coefficient (Wildman–Crippen LogP) is 6.94. The van der Waals surface area contributed by atoms with Crippen LogP contribution in [0, 0.1) is 17.8 Å². The van der Waals surface area contributed by atoms with Crippen LogP contribution in [0.15, 0.2) is 72.9 Å². The third kappa shape index (κ3) is 6.82. The largest absolute Gasteiger partial charge is 0.299 e. The molecule has 2 aromatic carbocycles. The minimum atomic E-state index is 0.734. The highest BCUT2D eigenvalue weighted by atomic mass is 35.5. The van der Waals surface area contributed by atoms with E-state index in [1.165, 1.54) is 37.9 Å². The van der Waals surface area contributed by atoms with Crippen LogP contribution in [-0.2, 0) is 0 Å². The lowest BCUT2D eigenvalue weighted by molar-refractivity contribution is 0.291. The van der Waals surface area contributed by atoms with Crippen molar-refractivity contribution < 1.29 is 0 Å². The molecule has 1 aliphatic carbocycles. The van der Waals surface area contributed by atoms with Gasteiger partial charge in [0, 0.05) is 35.4 Å². The van der Waals surface area contributed by atoms with Crippen molar-refractivity contribution in [3.8, 4) is 23.0 Å². The summed E-state index contributed by atoms with van der Waals surface area (Å²) in [6.45, 7) is 5.72. The highest BCUT2D eigenvalue weighted by Crippen LogP contribution is 2.29. The molecule has 0 atom stereocenters. The zero-order valence-corrected chi connectivity index (χ0v) is 19.4. The van der Waals surface area contributed by atoms with Crippen molar-refractivity contribution >= 4 is 17.7 Å². The molecule has 1 fully saturated rings. The first-order chi connectivity index (χ1) is 15.7. The molecule has 32 heavy (non-hydrogen) atoms. The van der Waals surface area contributed by atoms with Crippen molar-refractivity contribution in [2.45, 2.75) is 26.2 Å². The Balaban J connectivity index is 1.33. The van der Waals surface area contributed by atoms with Gasteiger partial charge in [-0.1, -0.05) is 66.9 Å². The summed E-state index contributed by atoms with van der Waals surface area (Å²) in [5.74, 6) is 7.31. The van der Waals surface area contributed by atoms with E-state index in [-0.39, 0.29) is 0 Å². The number of nitrogens with zero attached hydrogens (tertiary/aromatic N) is 2. The van der Waals surface area contributed by atoms with Crippen molar-refractivity contribution in [1.29, 1.82) is 0 Å². The SMILES string of the molecule is CCCN(C/C=C/c1ccc(C#Cc2ccc(-c3ccc(Cl)cc3)cn2)cc1)CC1CC1. The van der Waals surface area contributed by atoms with Crippen molar-refractivity contribution in [2.75, 3.05) is 19.6 Å². The van der Waals surface area contributed by atoms with Crippen LogP contribution >= 0.6 is 11.6 Å². The number of benzene rings is 2. The number of halogens is 1. The van der Waals surface area contributed by atoms with E-state index >= 15 is 0 Å². The maximum absolute atomic E-state index is 5.96. The van der Waals surface area contributed by atoms with E-state index in [1.54, 1.807) is 0 Å². The Bertz CT molecular complexity index is 1080. The van der Waals surface area contributed by atoms with Crippen LogP contribution < -0.4 is 0 Å². The van der Waals surface area contributed by atoms with Gasteiger partial charge < -0.3 is 0 Å². The Morgan fingerprint density at radius 3 is 2.38 bits per heavy atom. The normalized spacial score (nSPS) is 13.3. The van der Waals surface area contributed by atoms with Gasteiger partial charge in [0.25, 0.3) is 0 Å². The lowest BCUT2D eigenvalue weighted by atomic mass is 10.1. The maximum Gasteiger partial charge on any atom is 0.113 e. The first-order valence-corrected chi connectivity index (χ1v) is 11.8. The van der Waals surface area contributed by atoms with Crippen molar-refractivity contribution in [3.63, 3.8) is 0 Å². The fourth-order valence-electron chi connectivity index (χ4n) is 3.67. The summed E-state index contributed by atoms with van der Waals surface area (Å²) >= 11 is 5.96. The van der Waals surface area contributed by atoms with E-state index in [4.69, 9.17) is 11.6 Å². The Hall–Kier alpha value is -2.86. The molecule has 0 N–H and O–H groups in total. The molecule has 1 saturated carbocycles. The van der Waals surface area contributed by atoms with Crippen LogP contribution in [0.1, 0.15) is 43.0 Å². The van der Waals surface area contributed by atoms with Gasteiger partial charge >= 0.3 is 0 Å². The molecule has 162 valence electrons. The van der Waals surface area contributed by atoms with Crippen LogP contribution in [0.4, 0.5) is 0 Å². The molecule has 2 nitrogen and oxygen atoms in total. The predicted molar refractivity (Wildman–Crippen MR) is 136 cm³/mol. The molecule has 0 spiro atoms. The minimum Gasteiger partial charge on any atom is -0.299 e. The second-order valence-corrected chi connectivity index (χ2v) is 8.85. The van der Waals surface area contributed by atoms with E-state index in [2.05, 4.69) is 65.1 Å². The van der Waals surface area contributed by atoms with Crippen LogP contribution in [0.3, 0.4) is 0 Å². The smallest absolute Gasteiger partial charge is 0.113 e. The lowest BCUT2D eigenvalue weighted by Crippen LogP contribution is -2.26. The van der Waals surface area contributed by atoms with Gasteiger partial charge in [0.05, 0.1) is 0 Å². The lowest BCUT2D eigenvalue weighted by Gasteiger charge is -2.19. The minimum absolute atomic E-state index is 0.734. The third-order valence-electron chi connectivity index (χ3n) is 5.61. The van der Waals surface area contributed by atoms with Gasteiger partial charge in [0.2, 0.25) is 0 Å². The van der Waals surface area contributed by atoms with Gasteiger partial charge in [-0.05, 0) is 79.1 Å². The Morgan fingerprint density at radius 1 is 0.969 bits per heavy atom. The first kappa shape index (κ1) is 22.3. The molecule has 4 rings (SSSR count). The Morgan fingerprint density at radius 2 is 1.72 bits per heavy atom. The quantitative estimate of drug-likeness (QED) is 0.353. The number of aromatic nitrogens is 1. The Labute approximate surface area is 197 Å². The standard InChI is InChI=1S/C29H29ClN2/c1-2-19-32(22-25-9-10-25)20-3-4-23-5-7-24(8-6-23)11-17-29-18-14-27(21-31-29)26-12-15-28(30)16-13-26/h3-8,12-16,18,21,25H,2,9-10,19-20,22H2,1H3/b4-3+. The molecule has 0 amide bonds. The average Bonchev–Trinajstić information content (AvgIpc) is 3.64. The zero-order chi connectivity index (χ0) is 22.2. The third-order valence-corrected chi connectivity index (χ3v) is 5.87. The average molecular weight is 441 g/mol. The maximum atomic E-state index is 5.96. The van der Waals surface area contributed by atoms with Gasteiger partial charge in [-0.15, -0.1) is 0 Å². The van der Waals surface area contributed by atoms with Crippen LogP contribution in [0.2, 0.25) is 5.02 Å². The first-order valence-electron chi connectivity index (χ1n) is 11.4. The highest BCUT2D eigenvalue weighted by molar-refractivity contribution is 6.30. The molecule has 1 heterocycles. The van der Waals surface area contributed by atoms with Gasteiger partial charge in [0.15, 0.2) is 0 Å². The van der Waals surface area contributed by atoms with E-state index in [0.29, 0.717) is 0 Å². The molecule has 0 radical (unpaired) electrons. The molecule has 1 aromatic heterocycles. The summed E-state index contributed by atoms with van der Waals surface area (Å²) in [6, 6.07) is 20.2. The Kier molecular flexibility index (Phi) is 7.77. The van der Waals surface area contributed by atoms with Gasteiger partial charge in [-0.3, -0.25) is 4.90 Å². The van der Waals surface area contributed by atoms with E-state index in [9.17, 15) is 0 Å². The van der Waals surface area contributed by atoms with Crippen molar-refractivity contribution in [2.24, 2.45) is 5.92 Å². The fraction of sp³-hybridized carbons (Fsp3) is 0.276. The summed E-state index contributed by atoms with van der Waals surface area (Å²) in [7, 11) is 0. The highest BCUT2D eigenvalue weighted by Gasteiger charge is 2.23. The topological polar surface area (TPSA) is 16.1 Å². The van der Waals surface area contributed by atoms with Gasteiger partial charge in [-0.25, -0.2) is 4.98 Å². The summed E-state index contributed by atoms with van der Waals surface area (Å²) in [5.41, 5.74) is 5.11. The molecule has 0 bridgehead atoms. The van der Waals surface area contributed by atoms with Crippen LogP contribution in [-0.4, -0.2) is 29.5 Å². The van der Waals surface area contributed by atoms with E-state index in [0.717, 1.165) is 39.9 Å². The molecule has 1 aliphatic rings. The van der Waals surface area contributed by atoms with Crippen LogP contribution in [0.5, 0.6) is 0 Å². The van der Waals surface area contributed by atoms with Gasteiger partial charge in [0.1, 0.15) is 5.69 Å². The van der Waals surface area contributed by atoms with Gasteiger partial charge in [-0.2, -0.15) is 0 Å². The molecule has 0 saturated heterocycles. The monoisotopic (exact) mass is 440 g/mol. The number of pyridine rings is 1. The number of hydrogen-bond acceptors (Lipinski definition) is 2. The molecule has 0 aliphatic heterocycles. The molecule has 3 heteroatoms. The summed E-state index contributed by atoms with van der Waals surface area (Å²) in [5, 5.41) is 0.734. The second-order valence-electron chi connectivity index (χ2n) is 8.42. The molecular formula is C29H29ClN2. The van der Waals surface area contributed by atoms with Crippen molar-refractivity contribution in [3.05, 3.63) is 94.8 Å². The van der Waals surface area contributed by atoms with E-state index < -0.39 is 0 Å². The zero-order valence-electron chi connectivity index (χ0n) is 18.6.